The highest BCUT2D eigenvalue weighted by Crippen LogP contribution is 2.21. The van der Waals surface area contributed by atoms with Gasteiger partial charge in [-0.15, -0.1) is 0 Å². The first-order valence-corrected chi connectivity index (χ1v) is 9.34. The van der Waals surface area contributed by atoms with Gasteiger partial charge in [0.25, 0.3) is 5.91 Å². The number of benzene rings is 1. The minimum Gasteiger partial charge on any atom is -0.447 e. The largest absolute Gasteiger partial charge is 0.447 e. The third-order valence-corrected chi connectivity index (χ3v) is 3.90. The molecule has 1 aliphatic rings. The Labute approximate surface area is 165 Å². The molecule has 8 heteroatoms. The number of nitrogens with one attached hydrogen (secondary N) is 1. The molecule has 2 rings (SSSR count). The number of esters is 1. The first kappa shape index (κ1) is 21.7. The van der Waals surface area contributed by atoms with Crippen LogP contribution >= 0.6 is 0 Å². The first-order valence-electron chi connectivity index (χ1n) is 9.34. The van der Waals surface area contributed by atoms with Crippen LogP contribution in [-0.2, 0) is 23.8 Å². The van der Waals surface area contributed by atoms with Crippen LogP contribution in [0.3, 0.4) is 0 Å². The molecule has 1 N–H and O–H groups in total. The second-order valence-corrected chi connectivity index (χ2v) is 7.40. The molecule has 0 unspecified atom stereocenters. The minimum absolute atomic E-state index is 0.0565. The molecule has 1 atom stereocenters. The Balaban J connectivity index is 1.93. The predicted molar refractivity (Wildman–Crippen MR) is 102 cm³/mol. The third kappa shape index (κ3) is 7.19. The van der Waals surface area contributed by atoms with Gasteiger partial charge in [-0.2, -0.15) is 0 Å². The van der Waals surface area contributed by atoms with E-state index in [-0.39, 0.29) is 18.9 Å². The number of morpholine rings is 1. The van der Waals surface area contributed by atoms with Crippen LogP contribution in [0, 0.1) is 0 Å². The highest BCUT2D eigenvalue weighted by Gasteiger charge is 2.30. The third-order valence-electron chi connectivity index (χ3n) is 3.90. The SMILES string of the molecule is CC(C)(C)OC(=O)NCCC(=O)O[C@H](C(=O)N1CCOCC1)c1ccccc1. The highest BCUT2D eigenvalue weighted by atomic mass is 16.6. The topological polar surface area (TPSA) is 94.2 Å². The number of ether oxygens (including phenoxy) is 3. The number of rotatable bonds is 6. The van der Waals surface area contributed by atoms with Gasteiger partial charge in [0.2, 0.25) is 6.10 Å². The van der Waals surface area contributed by atoms with E-state index in [1.807, 2.05) is 6.07 Å². The quantitative estimate of drug-likeness (QED) is 0.745. The van der Waals surface area contributed by atoms with Crippen LogP contribution in [0.15, 0.2) is 30.3 Å². The summed E-state index contributed by atoms with van der Waals surface area (Å²) in [6.45, 7) is 7.15. The zero-order valence-corrected chi connectivity index (χ0v) is 16.6. The van der Waals surface area contributed by atoms with Gasteiger partial charge in [-0.25, -0.2) is 4.79 Å². The molecule has 1 saturated heterocycles. The summed E-state index contributed by atoms with van der Waals surface area (Å²) in [6.07, 6.45) is -1.70. The van der Waals surface area contributed by atoms with E-state index >= 15 is 0 Å². The van der Waals surface area contributed by atoms with E-state index in [9.17, 15) is 14.4 Å². The van der Waals surface area contributed by atoms with Gasteiger partial charge in [0, 0.05) is 25.2 Å². The van der Waals surface area contributed by atoms with Crippen LogP contribution in [0.25, 0.3) is 0 Å². The van der Waals surface area contributed by atoms with E-state index in [0.717, 1.165) is 0 Å². The predicted octanol–water partition coefficient (Wildman–Crippen LogP) is 2.04. The van der Waals surface area contributed by atoms with Gasteiger partial charge in [0.1, 0.15) is 5.60 Å². The highest BCUT2D eigenvalue weighted by molar-refractivity contribution is 5.85. The van der Waals surface area contributed by atoms with E-state index in [1.165, 1.54) is 0 Å². The van der Waals surface area contributed by atoms with Crippen molar-refractivity contribution in [2.75, 3.05) is 32.8 Å². The van der Waals surface area contributed by atoms with Crippen LogP contribution in [0.1, 0.15) is 38.9 Å². The second kappa shape index (κ2) is 10.1. The molecule has 2 amide bonds. The average Bonchev–Trinajstić information content (AvgIpc) is 2.65. The summed E-state index contributed by atoms with van der Waals surface area (Å²) in [5.41, 5.74) is -0.0134. The summed E-state index contributed by atoms with van der Waals surface area (Å²) in [5.74, 6) is -0.852. The zero-order valence-electron chi connectivity index (χ0n) is 16.6. The van der Waals surface area contributed by atoms with Crippen LogP contribution in [-0.4, -0.2) is 61.3 Å². The molecule has 154 valence electrons. The van der Waals surface area contributed by atoms with E-state index in [1.54, 1.807) is 49.9 Å². The molecule has 1 aromatic rings. The van der Waals surface area contributed by atoms with E-state index < -0.39 is 23.8 Å². The molecule has 0 radical (unpaired) electrons. The van der Waals surface area contributed by atoms with Crippen LogP contribution in [0.2, 0.25) is 0 Å². The van der Waals surface area contributed by atoms with Crippen molar-refractivity contribution in [1.82, 2.24) is 10.2 Å². The number of hydrogen-bond acceptors (Lipinski definition) is 6. The molecule has 0 bridgehead atoms. The van der Waals surface area contributed by atoms with Gasteiger partial charge in [0.15, 0.2) is 0 Å². The Morgan fingerprint density at radius 1 is 1.14 bits per heavy atom. The van der Waals surface area contributed by atoms with Crippen LogP contribution in [0.4, 0.5) is 4.79 Å². The lowest BCUT2D eigenvalue weighted by Gasteiger charge is -2.30. The van der Waals surface area contributed by atoms with E-state index in [4.69, 9.17) is 14.2 Å². The van der Waals surface area contributed by atoms with Crippen molar-refractivity contribution >= 4 is 18.0 Å². The Morgan fingerprint density at radius 2 is 1.79 bits per heavy atom. The summed E-state index contributed by atoms with van der Waals surface area (Å²) < 4.78 is 15.9. The molecule has 1 aromatic carbocycles. The normalized spacial score (nSPS) is 15.5. The molecular formula is C20H28N2O6. The zero-order chi connectivity index (χ0) is 20.6. The second-order valence-electron chi connectivity index (χ2n) is 7.40. The van der Waals surface area contributed by atoms with Gasteiger partial charge in [-0.05, 0) is 20.8 Å². The summed E-state index contributed by atoms with van der Waals surface area (Å²) in [5, 5.41) is 2.50. The number of alkyl carbamates (subject to hydrolysis) is 1. The van der Waals surface area contributed by atoms with Crippen molar-refractivity contribution < 1.29 is 28.6 Å². The number of carbonyl (C=O) groups is 3. The number of carbonyl (C=O) groups excluding carboxylic acids is 3. The van der Waals surface area contributed by atoms with Crippen molar-refractivity contribution in [2.45, 2.75) is 38.9 Å². The lowest BCUT2D eigenvalue weighted by Crippen LogP contribution is -2.44. The maximum atomic E-state index is 12.9. The van der Waals surface area contributed by atoms with E-state index in [0.29, 0.717) is 31.9 Å². The fourth-order valence-electron chi connectivity index (χ4n) is 2.61. The fraction of sp³-hybridized carbons (Fsp3) is 0.550. The fourth-order valence-corrected chi connectivity index (χ4v) is 2.61. The molecule has 28 heavy (non-hydrogen) atoms. The standard InChI is InChI=1S/C20H28N2O6/c1-20(2,3)28-19(25)21-10-9-16(23)27-17(15-7-5-4-6-8-15)18(24)22-11-13-26-14-12-22/h4-8,17H,9-14H2,1-3H3,(H,21,25)/t17-/m0/s1. The van der Waals surface area contributed by atoms with E-state index in [2.05, 4.69) is 5.32 Å². The number of hydrogen-bond donors (Lipinski definition) is 1. The lowest BCUT2D eigenvalue weighted by atomic mass is 10.1. The van der Waals surface area contributed by atoms with Crippen molar-refractivity contribution in [3.05, 3.63) is 35.9 Å². The first-order chi connectivity index (χ1) is 13.3. The van der Waals surface area contributed by atoms with Crippen molar-refractivity contribution in [3.8, 4) is 0 Å². The molecule has 1 aliphatic heterocycles. The van der Waals surface area contributed by atoms with Crippen LogP contribution < -0.4 is 5.32 Å². The maximum absolute atomic E-state index is 12.9. The van der Waals surface area contributed by atoms with Crippen molar-refractivity contribution in [3.63, 3.8) is 0 Å². The Morgan fingerprint density at radius 3 is 2.39 bits per heavy atom. The summed E-state index contributed by atoms with van der Waals surface area (Å²) in [6, 6.07) is 8.89. The van der Waals surface area contributed by atoms with Gasteiger partial charge < -0.3 is 24.4 Å². The summed E-state index contributed by atoms with van der Waals surface area (Å²) in [7, 11) is 0. The molecule has 0 spiro atoms. The smallest absolute Gasteiger partial charge is 0.407 e. The van der Waals surface area contributed by atoms with Crippen molar-refractivity contribution in [2.24, 2.45) is 0 Å². The maximum Gasteiger partial charge on any atom is 0.407 e. The Kier molecular flexibility index (Phi) is 7.80. The van der Waals surface area contributed by atoms with Gasteiger partial charge in [-0.3, -0.25) is 9.59 Å². The van der Waals surface area contributed by atoms with Gasteiger partial charge in [0.05, 0.1) is 19.6 Å². The molecule has 1 heterocycles. The van der Waals surface area contributed by atoms with Gasteiger partial charge in [-0.1, -0.05) is 30.3 Å². The van der Waals surface area contributed by atoms with Crippen LogP contribution in [0.5, 0.6) is 0 Å². The lowest BCUT2D eigenvalue weighted by molar-refractivity contribution is -0.162. The Hall–Kier alpha value is -2.61. The molecule has 0 aromatic heterocycles. The van der Waals surface area contributed by atoms with Gasteiger partial charge >= 0.3 is 12.1 Å². The molecule has 0 aliphatic carbocycles. The number of nitrogens with zero attached hydrogens (tertiary/aromatic N) is 1. The Bertz CT molecular complexity index is 665. The minimum atomic E-state index is -1.02. The monoisotopic (exact) mass is 392 g/mol. The molecule has 0 saturated carbocycles. The molecule has 8 nitrogen and oxygen atoms in total. The summed E-state index contributed by atoms with van der Waals surface area (Å²) >= 11 is 0. The average molecular weight is 392 g/mol. The molecular weight excluding hydrogens is 364 g/mol. The summed E-state index contributed by atoms with van der Waals surface area (Å²) in [4.78, 5) is 38.4. The van der Waals surface area contributed by atoms with Crippen molar-refractivity contribution in [1.29, 1.82) is 0 Å². The molecule has 1 fully saturated rings. The number of amides is 2.